The van der Waals surface area contributed by atoms with Crippen LogP contribution in [-0.2, 0) is 14.3 Å². The smallest absolute Gasteiger partial charge is 0.310 e. The first-order valence-corrected chi connectivity index (χ1v) is 7.67. The van der Waals surface area contributed by atoms with E-state index in [9.17, 15) is 9.59 Å². The van der Waals surface area contributed by atoms with Gasteiger partial charge in [0.05, 0.1) is 13.0 Å². The highest BCUT2D eigenvalue weighted by Gasteiger charge is 2.33. The summed E-state index contributed by atoms with van der Waals surface area (Å²) in [6.07, 6.45) is 6.04. The highest BCUT2D eigenvalue weighted by Crippen LogP contribution is 2.25. The third-order valence-electron chi connectivity index (χ3n) is 4.60. The Bertz CT molecular complexity index is 353. The number of esters is 1. The molecule has 1 amide bonds. The number of carbonyl (C=O) groups is 2. The number of hydrogen-bond acceptors (Lipinski definition) is 4. The van der Waals surface area contributed by atoms with Gasteiger partial charge in [-0.3, -0.25) is 9.59 Å². The van der Waals surface area contributed by atoms with Crippen molar-refractivity contribution in [3.8, 4) is 0 Å². The maximum atomic E-state index is 11.8. The van der Waals surface area contributed by atoms with E-state index in [2.05, 4.69) is 5.32 Å². The van der Waals surface area contributed by atoms with Gasteiger partial charge in [0, 0.05) is 26.1 Å². The summed E-state index contributed by atoms with van der Waals surface area (Å²) in [5.41, 5.74) is 0. The van der Waals surface area contributed by atoms with Gasteiger partial charge in [0.1, 0.15) is 0 Å². The summed E-state index contributed by atoms with van der Waals surface area (Å²) in [6, 6.07) is 0.206. The Morgan fingerprint density at radius 2 is 1.95 bits per heavy atom. The summed E-state index contributed by atoms with van der Waals surface area (Å²) in [6.45, 7) is 3.76. The molecule has 1 aliphatic carbocycles. The molecule has 2 atom stereocenters. The summed E-state index contributed by atoms with van der Waals surface area (Å²) < 4.78 is 4.84. The fraction of sp³-hybridized carbons (Fsp3) is 0.867. The molecule has 2 fully saturated rings. The average molecular weight is 282 g/mol. The number of ether oxygens (including phenoxy) is 1. The van der Waals surface area contributed by atoms with Gasteiger partial charge >= 0.3 is 5.97 Å². The zero-order valence-electron chi connectivity index (χ0n) is 12.6. The first kappa shape index (κ1) is 15.3. The number of likely N-dealkylation sites (tertiary alicyclic amines) is 1. The maximum Gasteiger partial charge on any atom is 0.310 e. The van der Waals surface area contributed by atoms with Crippen LogP contribution in [0.15, 0.2) is 0 Å². The molecule has 0 aromatic carbocycles. The number of piperidine rings is 1. The van der Waals surface area contributed by atoms with Crippen LogP contribution in [0.2, 0.25) is 0 Å². The van der Waals surface area contributed by atoms with Crippen molar-refractivity contribution in [1.82, 2.24) is 10.2 Å². The van der Waals surface area contributed by atoms with Gasteiger partial charge < -0.3 is 15.0 Å². The van der Waals surface area contributed by atoms with Crippen molar-refractivity contribution in [3.63, 3.8) is 0 Å². The average Bonchev–Trinajstić information content (AvgIpc) is 2.97. The molecule has 1 heterocycles. The van der Waals surface area contributed by atoms with Crippen LogP contribution < -0.4 is 5.32 Å². The van der Waals surface area contributed by atoms with Crippen LogP contribution in [0.25, 0.3) is 0 Å². The number of nitrogens with zero attached hydrogens (tertiary/aromatic N) is 1. The van der Waals surface area contributed by atoms with Crippen molar-refractivity contribution < 1.29 is 14.3 Å². The van der Waals surface area contributed by atoms with Crippen LogP contribution in [0.5, 0.6) is 0 Å². The second-order valence-corrected chi connectivity index (χ2v) is 6.14. The molecule has 2 unspecified atom stereocenters. The van der Waals surface area contributed by atoms with Gasteiger partial charge in [-0.25, -0.2) is 0 Å². The van der Waals surface area contributed by atoms with Crippen molar-refractivity contribution in [2.45, 2.75) is 45.1 Å². The second kappa shape index (κ2) is 7.07. The largest absolute Gasteiger partial charge is 0.469 e. The first-order chi connectivity index (χ1) is 9.60. The Balaban J connectivity index is 1.88. The fourth-order valence-electron chi connectivity index (χ4n) is 3.39. The molecule has 2 aliphatic rings. The molecule has 0 aromatic heterocycles. The number of amides is 1. The number of hydrogen-bond donors (Lipinski definition) is 1. The Hall–Kier alpha value is -1.10. The molecule has 20 heavy (non-hydrogen) atoms. The lowest BCUT2D eigenvalue weighted by Crippen LogP contribution is -2.53. The van der Waals surface area contributed by atoms with Gasteiger partial charge in [0.15, 0.2) is 0 Å². The van der Waals surface area contributed by atoms with Crippen molar-refractivity contribution in [2.75, 3.05) is 26.7 Å². The summed E-state index contributed by atoms with van der Waals surface area (Å²) in [4.78, 5) is 25.1. The van der Waals surface area contributed by atoms with Gasteiger partial charge in [-0.1, -0.05) is 12.8 Å². The standard InChI is InChI=1S/C15H26N2O3/c1-11(18)17-9-13(15(19)20-2)7-14(10-17)16-8-12-5-3-4-6-12/h12-14,16H,3-10H2,1-2H3. The summed E-state index contributed by atoms with van der Waals surface area (Å²) >= 11 is 0. The molecule has 1 saturated heterocycles. The number of nitrogens with one attached hydrogen (secondary N) is 1. The zero-order valence-corrected chi connectivity index (χ0v) is 12.6. The number of methoxy groups -OCH3 is 1. The van der Waals surface area contributed by atoms with Gasteiger partial charge in [0.2, 0.25) is 5.91 Å². The Morgan fingerprint density at radius 1 is 1.25 bits per heavy atom. The number of carbonyl (C=O) groups excluding carboxylic acids is 2. The summed E-state index contributed by atoms with van der Waals surface area (Å²) in [5.74, 6) is 0.396. The second-order valence-electron chi connectivity index (χ2n) is 6.14. The van der Waals surface area contributed by atoms with Crippen LogP contribution in [0, 0.1) is 11.8 Å². The quantitative estimate of drug-likeness (QED) is 0.787. The van der Waals surface area contributed by atoms with E-state index in [1.165, 1.54) is 32.8 Å². The lowest BCUT2D eigenvalue weighted by Gasteiger charge is -2.37. The van der Waals surface area contributed by atoms with Crippen LogP contribution >= 0.6 is 0 Å². The molecule has 114 valence electrons. The van der Waals surface area contributed by atoms with E-state index in [0.717, 1.165) is 18.9 Å². The molecular weight excluding hydrogens is 256 g/mol. The first-order valence-electron chi connectivity index (χ1n) is 7.67. The van der Waals surface area contributed by atoms with E-state index in [1.54, 1.807) is 11.8 Å². The van der Waals surface area contributed by atoms with E-state index in [-0.39, 0.29) is 23.8 Å². The molecule has 5 heteroatoms. The van der Waals surface area contributed by atoms with Crippen molar-refractivity contribution in [3.05, 3.63) is 0 Å². The maximum absolute atomic E-state index is 11.8. The minimum Gasteiger partial charge on any atom is -0.469 e. The Labute approximate surface area is 121 Å². The molecular formula is C15H26N2O3. The molecule has 2 rings (SSSR count). The van der Waals surface area contributed by atoms with E-state index in [4.69, 9.17) is 4.74 Å². The van der Waals surface area contributed by atoms with Crippen LogP contribution in [0.3, 0.4) is 0 Å². The van der Waals surface area contributed by atoms with Crippen molar-refractivity contribution in [1.29, 1.82) is 0 Å². The van der Waals surface area contributed by atoms with Crippen LogP contribution in [-0.4, -0.2) is 49.6 Å². The van der Waals surface area contributed by atoms with E-state index >= 15 is 0 Å². The Morgan fingerprint density at radius 3 is 2.55 bits per heavy atom. The SMILES string of the molecule is COC(=O)C1CC(NCC2CCCC2)CN(C(C)=O)C1. The highest BCUT2D eigenvalue weighted by molar-refractivity contribution is 5.76. The van der Waals surface area contributed by atoms with Crippen LogP contribution in [0.4, 0.5) is 0 Å². The molecule has 1 saturated carbocycles. The molecule has 1 N–H and O–H groups in total. The topological polar surface area (TPSA) is 58.6 Å². The minimum atomic E-state index is -0.205. The molecule has 0 radical (unpaired) electrons. The third kappa shape index (κ3) is 3.95. The minimum absolute atomic E-state index is 0.0336. The third-order valence-corrected chi connectivity index (χ3v) is 4.60. The van der Waals surface area contributed by atoms with Gasteiger partial charge in [-0.2, -0.15) is 0 Å². The van der Waals surface area contributed by atoms with E-state index in [1.807, 2.05) is 0 Å². The highest BCUT2D eigenvalue weighted by atomic mass is 16.5. The lowest BCUT2D eigenvalue weighted by molar-refractivity contribution is -0.149. The van der Waals surface area contributed by atoms with Crippen molar-refractivity contribution >= 4 is 11.9 Å². The van der Waals surface area contributed by atoms with Gasteiger partial charge in [-0.15, -0.1) is 0 Å². The zero-order chi connectivity index (χ0) is 14.5. The summed E-state index contributed by atoms with van der Waals surface area (Å²) in [5, 5.41) is 3.56. The molecule has 0 spiro atoms. The van der Waals surface area contributed by atoms with E-state index < -0.39 is 0 Å². The normalized spacial score (nSPS) is 27.6. The Kier molecular flexibility index (Phi) is 5.40. The fourth-order valence-corrected chi connectivity index (χ4v) is 3.39. The number of rotatable bonds is 4. The predicted octanol–water partition coefficient (Wildman–Crippen LogP) is 1.18. The van der Waals surface area contributed by atoms with Gasteiger partial charge in [-0.05, 0) is 31.7 Å². The molecule has 5 nitrogen and oxygen atoms in total. The molecule has 0 aromatic rings. The lowest BCUT2D eigenvalue weighted by atomic mass is 9.93. The van der Waals surface area contributed by atoms with Crippen LogP contribution in [0.1, 0.15) is 39.0 Å². The predicted molar refractivity (Wildman–Crippen MR) is 76.1 cm³/mol. The molecule has 0 bridgehead atoms. The van der Waals surface area contributed by atoms with Gasteiger partial charge in [0.25, 0.3) is 0 Å². The van der Waals surface area contributed by atoms with Crippen molar-refractivity contribution in [2.24, 2.45) is 11.8 Å². The summed E-state index contributed by atoms with van der Waals surface area (Å²) in [7, 11) is 1.41. The van der Waals surface area contributed by atoms with E-state index in [0.29, 0.717) is 13.1 Å². The molecule has 1 aliphatic heterocycles. The monoisotopic (exact) mass is 282 g/mol.